The van der Waals surface area contributed by atoms with Crippen molar-refractivity contribution in [2.45, 2.75) is 13.0 Å². The van der Waals surface area contributed by atoms with Gasteiger partial charge in [0, 0.05) is 36.8 Å². The zero-order valence-corrected chi connectivity index (χ0v) is 18.9. The Bertz CT molecular complexity index is 1560. The van der Waals surface area contributed by atoms with Gasteiger partial charge in [-0.15, -0.1) is 0 Å². The minimum atomic E-state index is -0.542. The highest BCUT2D eigenvalue weighted by Crippen LogP contribution is 2.33. The van der Waals surface area contributed by atoms with Crippen molar-refractivity contribution >= 4 is 11.2 Å². The number of aromatic nitrogens is 5. The molecule has 4 heterocycles. The van der Waals surface area contributed by atoms with Crippen LogP contribution in [-0.2, 0) is 7.05 Å². The zero-order chi connectivity index (χ0) is 23.8. The Morgan fingerprint density at radius 1 is 1.03 bits per heavy atom. The molecular weight excluding hydrogens is 433 g/mol. The van der Waals surface area contributed by atoms with E-state index in [0.717, 1.165) is 22.2 Å². The van der Waals surface area contributed by atoms with Gasteiger partial charge in [0.2, 0.25) is 0 Å². The number of pyridine rings is 3. The van der Waals surface area contributed by atoms with E-state index in [9.17, 15) is 4.79 Å². The molecule has 34 heavy (non-hydrogen) atoms. The van der Waals surface area contributed by atoms with E-state index in [0.29, 0.717) is 17.2 Å². The van der Waals surface area contributed by atoms with Gasteiger partial charge in [-0.2, -0.15) is 0 Å². The van der Waals surface area contributed by atoms with E-state index in [1.54, 1.807) is 37.8 Å². The van der Waals surface area contributed by atoms with Crippen LogP contribution in [0.2, 0.25) is 0 Å². The smallest absolute Gasteiger partial charge is 0.292 e. The highest BCUT2D eigenvalue weighted by Gasteiger charge is 2.25. The number of hydrogen-bond donors (Lipinski definition) is 0. The summed E-state index contributed by atoms with van der Waals surface area (Å²) in [5.41, 5.74) is 3.74. The van der Waals surface area contributed by atoms with E-state index >= 15 is 4.39 Å². The van der Waals surface area contributed by atoms with E-state index < -0.39 is 11.9 Å². The predicted molar refractivity (Wildman–Crippen MR) is 127 cm³/mol. The lowest BCUT2D eigenvalue weighted by Crippen LogP contribution is -2.18. The first-order valence-corrected chi connectivity index (χ1v) is 10.7. The lowest BCUT2D eigenvalue weighted by atomic mass is 10.0. The fourth-order valence-electron chi connectivity index (χ4n) is 4.22. The quantitative estimate of drug-likeness (QED) is 0.395. The van der Waals surface area contributed by atoms with Gasteiger partial charge in [0.1, 0.15) is 23.4 Å². The third kappa shape index (κ3) is 3.63. The van der Waals surface area contributed by atoms with Crippen molar-refractivity contribution < 1.29 is 9.13 Å². The van der Waals surface area contributed by atoms with Crippen LogP contribution in [0.15, 0.2) is 78.0 Å². The monoisotopic (exact) mass is 455 g/mol. The van der Waals surface area contributed by atoms with Gasteiger partial charge in [0.15, 0.2) is 11.4 Å². The highest BCUT2D eigenvalue weighted by atomic mass is 19.1. The summed E-state index contributed by atoms with van der Waals surface area (Å²) < 4.78 is 23.7. The minimum absolute atomic E-state index is 0.226. The van der Waals surface area contributed by atoms with E-state index in [1.807, 2.05) is 47.9 Å². The van der Waals surface area contributed by atoms with Crippen LogP contribution < -0.4 is 10.3 Å². The molecule has 0 aliphatic heterocycles. The van der Waals surface area contributed by atoms with Crippen LogP contribution in [0.5, 0.6) is 5.75 Å². The zero-order valence-electron chi connectivity index (χ0n) is 18.9. The minimum Gasteiger partial charge on any atom is -0.491 e. The normalized spacial score (nSPS) is 12.1. The average molecular weight is 455 g/mol. The fourth-order valence-corrected chi connectivity index (χ4v) is 4.22. The van der Waals surface area contributed by atoms with Crippen LogP contribution in [0.3, 0.4) is 0 Å². The molecule has 1 unspecified atom stereocenters. The summed E-state index contributed by atoms with van der Waals surface area (Å²) in [4.78, 5) is 25.8. The molecule has 0 N–H and O–H groups in total. The number of benzene rings is 1. The first-order chi connectivity index (χ1) is 16.5. The molecule has 0 saturated heterocycles. The van der Waals surface area contributed by atoms with Crippen LogP contribution in [0.25, 0.3) is 22.3 Å². The molecule has 0 fully saturated rings. The molecule has 0 saturated carbocycles. The van der Waals surface area contributed by atoms with Crippen molar-refractivity contribution in [3.63, 3.8) is 0 Å². The molecule has 170 valence electrons. The van der Waals surface area contributed by atoms with Crippen molar-refractivity contribution in [3.8, 4) is 16.9 Å². The first-order valence-electron chi connectivity index (χ1n) is 10.7. The third-order valence-corrected chi connectivity index (χ3v) is 5.85. The number of nitrogens with zero attached hydrogens (tertiary/aromatic N) is 5. The number of hydrogen-bond acceptors (Lipinski definition) is 5. The van der Waals surface area contributed by atoms with Crippen LogP contribution in [0.4, 0.5) is 4.39 Å². The van der Waals surface area contributed by atoms with Gasteiger partial charge in [-0.3, -0.25) is 9.78 Å². The molecule has 0 aliphatic carbocycles. The second kappa shape index (κ2) is 8.55. The van der Waals surface area contributed by atoms with E-state index in [2.05, 4.69) is 15.0 Å². The molecule has 0 spiro atoms. The van der Waals surface area contributed by atoms with Crippen LogP contribution in [-0.4, -0.2) is 31.2 Å². The van der Waals surface area contributed by atoms with Gasteiger partial charge in [0.25, 0.3) is 5.56 Å². The molecule has 8 heteroatoms. The number of rotatable bonds is 5. The Labute approximate surface area is 195 Å². The van der Waals surface area contributed by atoms with Crippen LogP contribution >= 0.6 is 0 Å². The van der Waals surface area contributed by atoms with Gasteiger partial charge >= 0.3 is 0 Å². The number of halogens is 1. The van der Waals surface area contributed by atoms with Gasteiger partial charge in [-0.05, 0) is 36.8 Å². The van der Waals surface area contributed by atoms with Crippen LogP contribution in [0.1, 0.15) is 23.1 Å². The molecule has 0 amide bonds. The Kier molecular flexibility index (Phi) is 5.41. The van der Waals surface area contributed by atoms with Crippen molar-refractivity contribution in [3.05, 3.63) is 106 Å². The summed E-state index contributed by atoms with van der Waals surface area (Å²) in [6.07, 6.45) is 5.02. The van der Waals surface area contributed by atoms with Gasteiger partial charge < -0.3 is 13.9 Å². The maximum atomic E-state index is 15.0. The molecule has 5 rings (SSSR count). The fraction of sp³-hybridized carbons (Fsp3) is 0.154. The second-order valence-corrected chi connectivity index (χ2v) is 7.99. The molecule has 1 aromatic carbocycles. The van der Waals surface area contributed by atoms with E-state index in [-0.39, 0.29) is 11.3 Å². The molecule has 1 atom stereocenters. The summed E-state index contributed by atoms with van der Waals surface area (Å²) >= 11 is 0. The predicted octanol–water partition coefficient (Wildman–Crippen LogP) is 4.29. The van der Waals surface area contributed by atoms with Crippen molar-refractivity contribution in [1.82, 2.24) is 24.1 Å². The summed E-state index contributed by atoms with van der Waals surface area (Å²) in [5, 5.41) is 0. The van der Waals surface area contributed by atoms with Gasteiger partial charge in [0.05, 0.1) is 12.6 Å². The molecule has 0 bridgehead atoms. The molecule has 0 aliphatic rings. The molecule has 5 aromatic rings. The number of methoxy groups -OCH3 is 1. The Balaban J connectivity index is 1.76. The Hall–Kier alpha value is -4.33. The largest absolute Gasteiger partial charge is 0.491 e. The number of fused-ring (bicyclic) bond motifs is 1. The topological polar surface area (TPSA) is 74.8 Å². The van der Waals surface area contributed by atoms with Crippen molar-refractivity contribution in [2.75, 3.05) is 7.11 Å². The Morgan fingerprint density at radius 2 is 1.82 bits per heavy atom. The lowest BCUT2D eigenvalue weighted by Gasteiger charge is -2.22. The van der Waals surface area contributed by atoms with E-state index in [4.69, 9.17) is 4.74 Å². The van der Waals surface area contributed by atoms with Gasteiger partial charge in [-0.1, -0.05) is 30.3 Å². The lowest BCUT2D eigenvalue weighted by molar-refractivity contribution is 0.405. The third-order valence-electron chi connectivity index (χ3n) is 5.85. The Morgan fingerprint density at radius 3 is 2.56 bits per heavy atom. The molecule has 7 nitrogen and oxygen atoms in total. The second-order valence-electron chi connectivity index (χ2n) is 7.99. The summed E-state index contributed by atoms with van der Waals surface area (Å²) in [6, 6.07) is 15.7. The van der Waals surface area contributed by atoms with Crippen molar-refractivity contribution in [2.24, 2.45) is 7.05 Å². The summed E-state index contributed by atoms with van der Waals surface area (Å²) in [7, 11) is 3.14. The maximum absolute atomic E-state index is 15.0. The average Bonchev–Trinajstić information content (AvgIpc) is 3.17. The standard InChI is InChI=1S/C26H22FN5O2/c1-16-30-25-21(12-18(14-29-25)19-13-22(34-3)26(33)31(2)15-19)32(16)24(17-8-5-4-6-9-17)23-20(27)10-7-11-28-23/h4-15,24H,1-3H3. The van der Waals surface area contributed by atoms with Crippen LogP contribution in [0, 0.1) is 12.7 Å². The van der Waals surface area contributed by atoms with E-state index in [1.165, 1.54) is 17.7 Å². The summed E-state index contributed by atoms with van der Waals surface area (Å²) in [5.74, 6) is 0.517. The highest BCUT2D eigenvalue weighted by molar-refractivity contribution is 5.79. The SMILES string of the molecule is COc1cc(-c2cnc3nc(C)n(C(c4ccccc4)c4ncccc4F)c3c2)cn(C)c1=O. The molecule has 0 radical (unpaired) electrons. The van der Waals surface area contributed by atoms with Crippen molar-refractivity contribution in [1.29, 1.82) is 0 Å². The maximum Gasteiger partial charge on any atom is 0.292 e. The summed E-state index contributed by atoms with van der Waals surface area (Å²) in [6.45, 7) is 1.87. The number of ether oxygens (including phenoxy) is 1. The first kappa shape index (κ1) is 21.5. The number of aryl methyl sites for hydroxylation is 2. The van der Waals surface area contributed by atoms with Gasteiger partial charge in [-0.25, -0.2) is 14.4 Å². The number of imidazole rings is 1. The molecular formula is C26H22FN5O2. The molecule has 4 aromatic heterocycles.